The van der Waals surface area contributed by atoms with E-state index in [1.54, 1.807) is 30.5 Å². The first-order valence-corrected chi connectivity index (χ1v) is 9.92. The number of piperazine rings is 1. The van der Waals surface area contributed by atoms with Crippen molar-refractivity contribution in [2.24, 2.45) is 0 Å². The van der Waals surface area contributed by atoms with Gasteiger partial charge in [0.15, 0.2) is 0 Å². The molecule has 2 aromatic carbocycles. The number of amides is 1. The molecule has 30 heavy (non-hydrogen) atoms. The Balaban J connectivity index is 1.41. The Morgan fingerprint density at radius 1 is 0.967 bits per heavy atom. The van der Waals surface area contributed by atoms with Crippen LogP contribution in [0.3, 0.4) is 0 Å². The van der Waals surface area contributed by atoms with E-state index in [2.05, 4.69) is 15.1 Å². The molecule has 0 radical (unpaired) electrons. The Bertz CT molecular complexity index is 968. The first kappa shape index (κ1) is 20.1. The van der Waals surface area contributed by atoms with Crippen molar-refractivity contribution in [3.8, 4) is 0 Å². The van der Waals surface area contributed by atoms with Crippen molar-refractivity contribution < 1.29 is 18.0 Å². The quantitative estimate of drug-likeness (QED) is 0.669. The van der Waals surface area contributed by atoms with E-state index in [0.29, 0.717) is 6.54 Å². The Labute approximate surface area is 173 Å². The van der Waals surface area contributed by atoms with Crippen molar-refractivity contribution in [2.45, 2.75) is 6.04 Å². The fourth-order valence-corrected chi connectivity index (χ4v) is 3.76. The smallest absolute Gasteiger partial charge is 0.254 e. The van der Waals surface area contributed by atoms with Crippen molar-refractivity contribution in [2.75, 3.05) is 37.6 Å². The molecule has 2 heterocycles. The summed E-state index contributed by atoms with van der Waals surface area (Å²) in [6, 6.07) is 16.0. The molecular formula is C23H23F2N3O2. The summed E-state index contributed by atoms with van der Waals surface area (Å²) in [5.74, 6) is -0.494. The van der Waals surface area contributed by atoms with Gasteiger partial charge in [0.25, 0.3) is 5.91 Å². The zero-order valence-corrected chi connectivity index (χ0v) is 16.4. The van der Waals surface area contributed by atoms with Crippen LogP contribution in [0.25, 0.3) is 0 Å². The molecule has 1 fully saturated rings. The Morgan fingerprint density at radius 2 is 1.70 bits per heavy atom. The van der Waals surface area contributed by atoms with Gasteiger partial charge in [0.05, 0.1) is 17.9 Å². The van der Waals surface area contributed by atoms with Crippen LogP contribution in [0.1, 0.15) is 22.2 Å². The maximum atomic E-state index is 13.9. The molecule has 1 saturated heterocycles. The second kappa shape index (κ2) is 9.09. The number of nitrogens with one attached hydrogen (secondary N) is 1. The van der Waals surface area contributed by atoms with Gasteiger partial charge in [0.2, 0.25) is 0 Å². The molecule has 0 saturated carbocycles. The Morgan fingerprint density at radius 3 is 2.37 bits per heavy atom. The van der Waals surface area contributed by atoms with Gasteiger partial charge < -0.3 is 14.6 Å². The maximum Gasteiger partial charge on any atom is 0.254 e. The Hall–Kier alpha value is -3.19. The molecule has 5 nitrogen and oxygen atoms in total. The summed E-state index contributed by atoms with van der Waals surface area (Å²) in [7, 11) is 0. The van der Waals surface area contributed by atoms with Crippen LogP contribution in [-0.4, -0.2) is 43.5 Å². The van der Waals surface area contributed by atoms with Gasteiger partial charge in [-0.2, -0.15) is 0 Å². The van der Waals surface area contributed by atoms with Crippen molar-refractivity contribution in [1.29, 1.82) is 0 Å². The number of carbonyl (C=O) groups excluding carboxylic acids is 1. The highest BCUT2D eigenvalue weighted by molar-refractivity contribution is 5.94. The van der Waals surface area contributed by atoms with E-state index in [0.717, 1.165) is 37.6 Å². The van der Waals surface area contributed by atoms with Gasteiger partial charge >= 0.3 is 0 Å². The summed E-state index contributed by atoms with van der Waals surface area (Å²) in [5.41, 5.74) is 1.01. The summed E-state index contributed by atoms with van der Waals surface area (Å²) in [6.45, 7) is 3.34. The molecule has 0 spiro atoms. The van der Waals surface area contributed by atoms with E-state index in [1.165, 1.54) is 24.3 Å². The number of furan rings is 1. The van der Waals surface area contributed by atoms with Gasteiger partial charge in [-0.15, -0.1) is 0 Å². The summed E-state index contributed by atoms with van der Waals surface area (Å²) in [6.07, 6.45) is 1.61. The molecule has 1 N–H and O–H groups in total. The lowest BCUT2D eigenvalue weighted by molar-refractivity contribution is 0.0919. The molecule has 0 bridgehead atoms. The van der Waals surface area contributed by atoms with Gasteiger partial charge in [-0.25, -0.2) is 8.78 Å². The zero-order chi connectivity index (χ0) is 20.9. The third-order valence-corrected chi connectivity index (χ3v) is 5.39. The molecule has 7 heteroatoms. The SMILES string of the molecule is O=C(NCC(c1ccco1)N1CCN(c2ccc(F)cc2)CC1)c1ccccc1F. The predicted octanol–water partition coefficient (Wildman–Crippen LogP) is 3.85. The topological polar surface area (TPSA) is 48.7 Å². The summed E-state index contributed by atoms with van der Waals surface area (Å²) in [4.78, 5) is 16.9. The van der Waals surface area contributed by atoms with E-state index in [-0.39, 0.29) is 17.4 Å². The molecule has 1 aromatic heterocycles. The van der Waals surface area contributed by atoms with Crippen LogP contribution >= 0.6 is 0 Å². The van der Waals surface area contributed by atoms with Gasteiger partial charge in [0, 0.05) is 38.4 Å². The monoisotopic (exact) mass is 411 g/mol. The van der Waals surface area contributed by atoms with Crippen LogP contribution in [0.15, 0.2) is 71.3 Å². The predicted molar refractivity (Wildman–Crippen MR) is 110 cm³/mol. The number of anilines is 1. The normalized spacial score (nSPS) is 15.7. The average molecular weight is 411 g/mol. The molecule has 3 aromatic rings. The van der Waals surface area contributed by atoms with Crippen LogP contribution in [0, 0.1) is 11.6 Å². The second-order valence-corrected chi connectivity index (χ2v) is 7.22. The number of hydrogen-bond acceptors (Lipinski definition) is 4. The number of benzene rings is 2. The van der Waals surface area contributed by atoms with E-state index >= 15 is 0 Å². The van der Waals surface area contributed by atoms with Crippen LogP contribution in [0.4, 0.5) is 14.5 Å². The first-order valence-electron chi connectivity index (χ1n) is 9.92. The van der Waals surface area contributed by atoms with Gasteiger partial charge in [-0.1, -0.05) is 12.1 Å². The minimum Gasteiger partial charge on any atom is -0.468 e. The van der Waals surface area contributed by atoms with Crippen LogP contribution < -0.4 is 10.2 Å². The summed E-state index contributed by atoms with van der Waals surface area (Å²) in [5, 5.41) is 2.84. The molecule has 1 aliphatic heterocycles. The van der Waals surface area contributed by atoms with Crippen LogP contribution in [0.5, 0.6) is 0 Å². The molecule has 1 amide bonds. The van der Waals surface area contributed by atoms with Crippen molar-refractivity contribution in [3.05, 3.63) is 89.9 Å². The number of nitrogens with zero attached hydrogens (tertiary/aromatic N) is 2. The number of carbonyl (C=O) groups is 1. The fourth-order valence-electron chi connectivity index (χ4n) is 3.76. The number of halogens is 2. The lowest BCUT2D eigenvalue weighted by atomic mass is 10.1. The van der Waals surface area contributed by atoms with Crippen molar-refractivity contribution in [3.63, 3.8) is 0 Å². The highest BCUT2D eigenvalue weighted by atomic mass is 19.1. The van der Waals surface area contributed by atoms with E-state index in [9.17, 15) is 13.6 Å². The molecular weight excluding hydrogens is 388 g/mol. The van der Waals surface area contributed by atoms with Crippen LogP contribution in [-0.2, 0) is 0 Å². The maximum absolute atomic E-state index is 13.9. The standard InChI is InChI=1S/C23H23F2N3O2/c24-17-7-9-18(10-8-17)27-11-13-28(14-12-27)21(22-6-3-15-30-22)16-26-23(29)19-4-1-2-5-20(19)25/h1-10,15,21H,11-14,16H2,(H,26,29). The lowest BCUT2D eigenvalue weighted by Crippen LogP contribution is -2.49. The van der Waals surface area contributed by atoms with E-state index < -0.39 is 11.7 Å². The number of hydrogen-bond donors (Lipinski definition) is 1. The molecule has 1 aliphatic rings. The van der Waals surface area contributed by atoms with Gasteiger partial charge in [0.1, 0.15) is 17.4 Å². The minimum absolute atomic E-state index is 0.0248. The fraction of sp³-hybridized carbons (Fsp3) is 0.261. The third-order valence-electron chi connectivity index (χ3n) is 5.39. The second-order valence-electron chi connectivity index (χ2n) is 7.22. The summed E-state index contributed by atoms with van der Waals surface area (Å²) < 4.78 is 32.7. The van der Waals surface area contributed by atoms with Crippen LogP contribution in [0.2, 0.25) is 0 Å². The Kier molecular flexibility index (Phi) is 6.09. The van der Waals surface area contributed by atoms with Gasteiger partial charge in [-0.05, 0) is 48.5 Å². The highest BCUT2D eigenvalue weighted by Gasteiger charge is 2.27. The lowest BCUT2D eigenvalue weighted by Gasteiger charge is -2.39. The largest absolute Gasteiger partial charge is 0.468 e. The highest BCUT2D eigenvalue weighted by Crippen LogP contribution is 2.24. The number of rotatable bonds is 6. The third kappa shape index (κ3) is 4.52. The molecule has 156 valence electrons. The van der Waals surface area contributed by atoms with E-state index in [1.807, 2.05) is 12.1 Å². The molecule has 1 unspecified atom stereocenters. The molecule has 1 atom stereocenters. The first-order chi connectivity index (χ1) is 14.6. The van der Waals surface area contributed by atoms with Crippen molar-refractivity contribution >= 4 is 11.6 Å². The average Bonchev–Trinajstić information content (AvgIpc) is 3.30. The molecule has 4 rings (SSSR count). The summed E-state index contributed by atoms with van der Waals surface area (Å²) >= 11 is 0. The zero-order valence-electron chi connectivity index (χ0n) is 16.4. The molecule has 0 aliphatic carbocycles. The minimum atomic E-state index is -0.544. The van der Waals surface area contributed by atoms with E-state index in [4.69, 9.17) is 4.42 Å². The van der Waals surface area contributed by atoms with Gasteiger partial charge in [-0.3, -0.25) is 9.69 Å². The van der Waals surface area contributed by atoms with Crippen molar-refractivity contribution in [1.82, 2.24) is 10.2 Å².